The van der Waals surface area contributed by atoms with Crippen molar-refractivity contribution in [2.45, 2.75) is 19.4 Å². The highest BCUT2D eigenvalue weighted by atomic mass is 19.1. The minimum Gasteiger partial charge on any atom is -0.386 e. The average Bonchev–Trinajstić information content (AvgIpc) is 2.28. The molecule has 0 spiro atoms. The van der Waals surface area contributed by atoms with Crippen LogP contribution >= 0.6 is 0 Å². The van der Waals surface area contributed by atoms with Gasteiger partial charge in [0.05, 0.1) is 18.8 Å². The van der Waals surface area contributed by atoms with Gasteiger partial charge in [-0.3, -0.25) is 0 Å². The first kappa shape index (κ1) is 12.3. The fourth-order valence-electron chi connectivity index (χ4n) is 2.09. The highest BCUT2D eigenvalue weighted by molar-refractivity contribution is 5.56. The lowest BCUT2D eigenvalue weighted by atomic mass is 9.95. The molecule has 1 aromatic carbocycles. The lowest BCUT2D eigenvalue weighted by molar-refractivity contribution is 0.0780. The van der Waals surface area contributed by atoms with Crippen LogP contribution in [0.15, 0.2) is 18.2 Å². The van der Waals surface area contributed by atoms with Gasteiger partial charge in [-0.25, -0.2) is 4.39 Å². The largest absolute Gasteiger partial charge is 0.386 e. The number of aliphatic hydroxyl groups is 1. The molecular formula is C13H18FNO2. The predicted octanol–water partition coefficient (Wildman–Crippen LogP) is 1.89. The van der Waals surface area contributed by atoms with E-state index in [2.05, 4.69) is 4.90 Å². The maximum atomic E-state index is 13.4. The summed E-state index contributed by atoms with van der Waals surface area (Å²) in [5.74, 6) is -0.278. The number of anilines is 1. The van der Waals surface area contributed by atoms with Gasteiger partial charge in [-0.1, -0.05) is 6.07 Å². The second-order valence-corrected chi connectivity index (χ2v) is 4.82. The van der Waals surface area contributed by atoms with Crippen molar-refractivity contribution >= 4 is 5.69 Å². The van der Waals surface area contributed by atoms with Crippen molar-refractivity contribution in [1.82, 2.24) is 0 Å². The standard InChI is InChI=1S/C13H18FNO2/c1-13(2,16)11-4-3-10(14)9-12(11)15-5-7-17-8-6-15/h3-4,9,16H,5-8H2,1-2H3. The molecule has 2 rings (SSSR count). The molecule has 0 aromatic heterocycles. The second kappa shape index (κ2) is 4.63. The monoisotopic (exact) mass is 239 g/mol. The number of hydrogen-bond donors (Lipinski definition) is 1. The summed E-state index contributed by atoms with van der Waals surface area (Å²) in [7, 11) is 0. The number of morpholine rings is 1. The summed E-state index contributed by atoms with van der Waals surface area (Å²) in [5, 5.41) is 10.1. The Kier molecular flexibility index (Phi) is 3.35. The lowest BCUT2D eigenvalue weighted by Crippen LogP contribution is -2.38. The van der Waals surface area contributed by atoms with Gasteiger partial charge in [0.15, 0.2) is 0 Å². The molecule has 1 fully saturated rings. The van der Waals surface area contributed by atoms with Gasteiger partial charge >= 0.3 is 0 Å². The van der Waals surface area contributed by atoms with E-state index in [0.29, 0.717) is 13.2 Å². The first-order valence-electron chi connectivity index (χ1n) is 5.83. The van der Waals surface area contributed by atoms with Gasteiger partial charge < -0.3 is 14.7 Å². The number of hydrogen-bond acceptors (Lipinski definition) is 3. The highest BCUT2D eigenvalue weighted by Gasteiger charge is 2.24. The normalized spacial score (nSPS) is 17.3. The van der Waals surface area contributed by atoms with Crippen LogP contribution in [0.25, 0.3) is 0 Å². The molecule has 1 aromatic rings. The van der Waals surface area contributed by atoms with E-state index in [1.165, 1.54) is 12.1 Å². The maximum Gasteiger partial charge on any atom is 0.125 e. The second-order valence-electron chi connectivity index (χ2n) is 4.82. The van der Waals surface area contributed by atoms with Crippen LogP contribution in [0.1, 0.15) is 19.4 Å². The van der Waals surface area contributed by atoms with Crippen LogP contribution in [0.3, 0.4) is 0 Å². The zero-order chi connectivity index (χ0) is 12.5. The van der Waals surface area contributed by atoms with Crippen molar-refractivity contribution in [3.05, 3.63) is 29.6 Å². The zero-order valence-electron chi connectivity index (χ0n) is 10.2. The topological polar surface area (TPSA) is 32.7 Å². The van der Waals surface area contributed by atoms with Gasteiger partial charge in [-0.2, -0.15) is 0 Å². The van der Waals surface area contributed by atoms with Crippen LogP contribution in [0.2, 0.25) is 0 Å². The van der Waals surface area contributed by atoms with E-state index in [1.54, 1.807) is 19.9 Å². The van der Waals surface area contributed by atoms with Crippen LogP contribution in [0.5, 0.6) is 0 Å². The molecular weight excluding hydrogens is 221 g/mol. The molecule has 0 aliphatic carbocycles. The molecule has 94 valence electrons. The summed E-state index contributed by atoms with van der Waals surface area (Å²) in [5.41, 5.74) is 0.544. The van der Waals surface area contributed by atoms with Gasteiger partial charge in [0, 0.05) is 24.3 Å². The van der Waals surface area contributed by atoms with Crippen LogP contribution < -0.4 is 4.90 Å². The molecule has 0 unspecified atom stereocenters. The van der Waals surface area contributed by atoms with E-state index < -0.39 is 5.60 Å². The maximum absolute atomic E-state index is 13.4. The van der Waals surface area contributed by atoms with Crippen molar-refractivity contribution in [3.63, 3.8) is 0 Å². The van der Waals surface area contributed by atoms with E-state index in [1.807, 2.05) is 0 Å². The Hall–Kier alpha value is -1.13. The third-order valence-corrected chi connectivity index (χ3v) is 2.97. The van der Waals surface area contributed by atoms with Gasteiger partial charge in [0.1, 0.15) is 5.82 Å². The van der Waals surface area contributed by atoms with Gasteiger partial charge in [0.25, 0.3) is 0 Å². The Morgan fingerprint density at radius 3 is 2.53 bits per heavy atom. The van der Waals surface area contributed by atoms with Crippen molar-refractivity contribution in [3.8, 4) is 0 Å². The highest BCUT2D eigenvalue weighted by Crippen LogP contribution is 2.31. The first-order valence-corrected chi connectivity index (χ1v) is 5.83. The minimum atomic E-state index is -0.971. The molecule has 0 bridgehead atoms. The number of rotatable bonds is 2. The minimum absolute atomic E-state index is 0.278. The molecule has 4 heteroatoms. The Morgan fingerprint density at radius 2 is 1.94 bits per heavy atom. The molecule has 1 saturated heterocycles. The summed E-state index contributed by atoms with van der Waals surface area (Å²) in [6.45, 7) is 6.16. The third-order valence-electron chi connectivity index (χ3n) is 2.97. The van der Waals surface area contributed by atoms with Crippen molar-refractivity contribution in [2.75, 3.05) is 31.2 Å². The molecule has 1 heterocycles. The molecule has 1 aliphatic heterocycles. The van der Waals surface area contributed by atoms with Crippen molar-refractivity contribution < 1.29 is 14.2 Å². The quantitative estimate of drug-likeness (QED) is 0.855. The van der Waals surface area contributed by atoms with Crippen molar-refractivity contribution in [2.24, 2.45) is 0 Å². The number of nitrogens with zero attached hydrogens (tertiary/aromatic N) is 1. The van der Waals surface area contributed by atoms with Crippen LogP contribution in [-0.4, -0.2) is 31.4 Å². The molecule has 0 saturated carbocycles. The smallest absolute Gasteiger partial charge is 0.125 e. The Balaban J connectivity index is 2.39. The van der Waals surface area contributed by atoms with E-state index in [4.69, 9.17) is 4.74 Å². The summed E-state index contributed by atoms with van der Waals surface area (Å²) >= 11 is 0. The van der Waals surface area contributed by atoms with E-state index in [-0.39, 0.29) is 5.82 Å². The summed E-state index contributed by atoms with van der Waals surface area (Å²) in [6.07, 6.45) is 0. The average molecular weight is 239 g/mol. The molecule has 0 amide bonds. The zero-order valence-corrected chi connectivity index (χ0v) is 10.2. The van der Waals surface area contributed by atoms with Crippen LogP contribution in [0.4, 0.5) is 10.1 Å². The molecule has 0 atom stereocenters. The Labute approximate surface area is 101 Å². The fraction of sp³-hybridized carbons (Fsp3) is 0.538. The third kappa shape index (κ3) is 2.76. The fourth-order valence-corrected chi connectivity index (χ4v) is 2.09. The number of benzene rings is 1. The molecule has 1 aliphatic rings. The van der Waals surface area contributed by atoms with Crippen LogP contribution in [0, 0.1) is 5.82 Å². The lowest BCUT2D eigenvalue weighted by Gasteiger charge is -2.33. The number of halogens is 1. The predicted molar refractivity (Wildman–Crippen MR) is 64.7 cm³/mol. The van der Waals surface area contributed by atoms with Gasteiger partial charge in [-0.05, 0) is 26.0 Å². The first-order chi connectivity index (χ1) is 7.98. The molecule has 3 nitrogen and oxygen atoms in total. The summed E-state index contributed by atoms with van der Waals surface area (Å²) in [6, 6.07) is 4.52. The Bertz CT molecular complexity index is 395. The van der Waals surface area contributed by atoms with E-state index >= 15 is 0 Å². The summed E-state index contributed by atoms with van der Waals surface area (Å²) in [4.78, 5) is 2.06. The van der Waals surface area contributed by atoms with E-state index in [0.717, 1.165) is 24.3 Å². The summed E-state index contributed by atoms with van der Waals surface area (Å²) < 4.78 is 18.6. The molecule has 1 N–H and O–H groups in total. The van der Waals surface area contributed by atoms with Gasteiger partial charge in [-0.15, -0.1) is 0 Å². The Morgan fingerprint density at radius 1 is 1.29 bits per heavy atom. The molecule has 0 radical (unpaired) electrons. The molecule has 17 heavy (non-hydrogen) atoms. The SMILES string of the molecule is CC(C)(O)c1ccc(F)cc1N1CCOCC1. The van der Waals surface area contributed by atoms with Crippen molar-refractivity contribution in [1.29, 1.82) is 0 Å². The number of ether oxygens (including phenoxy) is 1. The van der Waals surface area contributed by atoms with Gasteiger partial charge in [0.2, 0.25) is 0 Å². The van der Waals surface area contributed by atoms with E-state index in [9.17, 15) is 9.50 Å². The van der Waals surface area contributed by atoms with Crippen LogP contribution in [-0.2, 0) is 10.3 Å².